The van der Waals surface area contributed by atoms with E-state index in [1.165, 1.54) is 10.5 Å². The minimum atomic E-state index is 0.301. The fourth-order valence-electron chi connectivity index (χ4n) is 1.28. The first kappa shape index (κ1) is 13.1. The second kappa shape index (κ2) is 5.92. The van der Waals surface area contributed by atoms with Crippen LogP contribution in [0, 0.1) is 0 Å². The molecule has 0 heterocycles. The Morgan fingerprint density at radius 1 is 1.13 bits per heavy atom. The minimum Gasteiger partial charge on any atom is -0.293 e. The van der Waals surface area contributed by atoms with Crippen LogP contribution < -0.4 is 0 Å². The van der Waals surface area contributed by atoms with Gasteiger partial charge in [0.1, 0.15) is 0 Å². The van der Waals surface area contributed by atoms with Crippen LogP contribution in [0.3, 0.4) is 0 Å². The molecule has 0 N–H and O–H groups in total. The summed E-state index contributed by atoms with van der Waals surface area (Å²) in [5.41, 5.74) is 1.30. The maximum Gasteiger partial charge on any atom is 0.0906 e. The predicted octanol–water partition coefficient (Wildman–Crippen LogP) is 4.14. The molecule has 84 valence electrons. The van der Waals surface area contributed by atoms with Crippen LogP contribution in [0.4, 0.5) is 0 Å². The third-order valence-corrected chi connectivity index (χ3v) is 4.34. The van der Waals surface area contributed by atoms with Crippen LogP contribution in [0.25, 0.3) is 0 Å². The molecule has 15 heavy (non-hydrogen) atoms. The van der Waals surface area contributed by atoms with Crippen LogP contribution in [0.2, 0.25) is 0 Å². The maximum atomic E-state index is 3.64. The fraction of sp³-hybridized carbons (Fsp3) is 0.500. The molecule has 0 saturated heterocycles. The molecule has 0 saturated carbocycles. The largest absolute Gasteiger partial charge is 0.293 e. The van der Waals surface area contributed by atoms with Crippen molar-refractivity contribution in [3.05, 3.63) is 29.8 Å². The quantitative estimate of drug-likeness (QED) is 0.465. The monoisotopic (exact) mass is 287 g/mol. The number of alkyl halides is 1. The molecule has 0 fully saturated rings. The Balaban J connectivity index is 2.72. The molecule has 0 spiro atoms. The van der Waals surface area contributed by atoms with Crippen molar-refractivity contribution in [3.63, 3.8) is 0 Å². The summed E-state index contributed by atoms with van der Waals surface area (Å²) in [4.78, 5) is 3.78. The van der Waals surface area contributed by atoms with E-state index in [4.69, 9.17) is 0 Å². The van der Waals surface area contributed by atoms with Gasteiger partial charge in [-0.3, -0.25) is 4.90 Å². The zero-order chi connectivity index (χ0) is 11.4. The lowest BCUT2D eigenvalue weighted by atomic mass is 10.2. The molecule has 0 aliphatic heterocycles. The van der Waals surface area contributed by atoms with Crippen molar-refractivity contribution >= 4 is 27.7 Å². The van der Waals surface area contributed by atoms with Gasteiger partial charge in [-0.05, 0) is 31.8 Å². The van der Waals surface area contributed by atoms with E-state index >= 15 is 0 Å². The molecular weight excluding hydrogens is 270 g/mol. The lowest BCUT2D eigenvalue weighted by Gasteiger charge is -2.18. The second-order valence-corrected chi connectivity index (χ2v) is 6.55. The van der Waals surface area contributed by atoms with Gasteiger partial charge >= 0.3 is 0 Å². The second-order valence-electron chi connectivity index (χ2n) is 4.04. The number of hydrogen-bond donors (Lipinski definition) is 0. The van der Waals surface area contributed by atoms with E-state index in [2.05, 4.69) is 73.0 Å². The summed E-state index contributed by atoms with van der Waals surface area (Å²) < 4.78 is 0. The number of benzene rings is 1. The summed E-state index contributed by atoms with van der Waals surface area (Å²) in [5, 5.41) is 0.643. The Kier molecular flexibility index (Phi) is 5.16. The highest BCUT2D eigenvalue weighted by Crippen LogP contribution is 2.28. The van der Waals surface area contributed by atoms with Crippen molar-refractivity contribution in [1.82, 2.24) is 4.90 Å². The van der Waals surface area contributed by atoms with Gasteiger partial charge in [-0.25, -0.2) is 0 Å². The molecule has 0 aliphatic carbocycles. The molecule has 0 radical (unpaired) electrons. The van der Waals surface area contributed by atoms with Gasteiger partial charge in [0.05, 0.1) is 4.95 Å². The van der Waals surface area contributed by atoms with Gasteiger partial charge in [0.15, 0.2) is 0 Å². The highest BCUT2D eigenvalue weighted by Gasteiger charge is 2.09. The van der Waals surface area contributed by atoms with Crippen molar-refractivity contribution < 1.29 is 0 Å². The van der Waals surface area contributed by atoms with E-state index in [1.807, 2.05) is 11.8 Å². The van der Waals surface area contributed by atoms with Crippen molar-refractivity contribution in [3.8, 4) is 0 Å². The number of halogens is 1. The third kappa shape index (κ3) is 4.17. The van der Waals surface area contributed by atoms with Crippen LogP contribution >= 0.6 is 27.7 Å². The van der Waals surface area contributed by atoms with E-state index in [0.29, 0.717) is 10.2 Å². The topological polar surface area (TPSA) is 3.24 Å². The Bertz CT molecular complexity index is 295. The number of thioether (sulfide) groups is 1. The molecular formula is C12H18BrNS. The molecule has 1 aromatic rings. The first-order valence-electron chi connectivity index (χ1n) is 5.08. The van der Waals surface area contributed by atoms with Crippen molar-refractivity contribution in [2.75, 3.05) is 14.1 Å². The Hall–Kier alpha value is 0.01000. The lowest BCUT2D eigenvalue weighted by Crippen LogP contribution is -2.14. The number of nitrogens with zero attached hydrogens (tertiary/aromatic N) is 1. The average Bonchev–Trinajstić information content (AvgIpc) is 2.17. The van der Waals surface area contributed by atoms with Gasteiger partial charge in [-0.15, -0.1) is 11.8 Å². The van der Waals surface area contributed by atoms with E-state index in [9.17, 15) is 0 Å². The summed E-state index contributed by atoms with van der Waals surface area (Å²) in [5.74, 6) is 0. The van der Waals surface area contributed by atoms with Crippen molar-refractivity contribution in [2.45, 2.75) is 28.9 Å². The molecule has 1 nitrogen and oxygen atoms in total. The Labute approximate surface area is 105 Å². The van der Waals surface area contributed by atoms with Gasteiger partial charge < -0.3 is 0 Å². The van der Waals surface area contributed by atoms with E-state index in [-0.39, 0.29) is 0 Å². The molecule has 0 aromatic heterocycles. The van der Waals surface area contributed by atoms with Crippen molar-refractivity contribution in [2.24, 2.45) is 0 Å². The highest BCUT2D eigenvalue weighted by molar-refractivity contribution is 9.09. The zero-order valence-electron chi connectivity index (χ0n) is 9.70. The fourth-order valence-corrected chi connectivity index (χ4v) is 2.42. The minimum absolute atomic E-state index is 0.301. The Morgan fingerprint density at radius 2 is 1.67 bits per heavy atom. The average molecular weight is 288 g/mol. The van der Waals surface area contributed by atoms with Crippen molar-refractivity contribution in [1.29, 1.82) is 0 Å². The highest BCUT2D eigenvalue weighted by atomic mass is 79.9. The molecule has 0 amide bonds. The van der Waals surface area contributed by atoms with Crippen LogP contribution in [0.5, 0.6) is 0 Å². The zero-order valence-corrected chi connectivity index (χ0v) is 12.1. The summed E-state index contributed by atoms with van der Waals surface area (Å²) in [6, 6.07) is 8.75. The maximum absolute atomic E-state index is 3.64. The predicted molar refractivity (Wildman–Crippen MR) is 72.8 cm³/mol. The smallest absolute Gasteiger partial charge is 0.0906 e. The first-order chi connectivity index (χ1) is 7.00. The third-order valence-electron chi connectivity index (χ3n) is 1.98. The molecule has 1 atom stereocenters. The number of hydrogen-bond acceptors (Lipinski definition) is 2. The van der Waals surface area contributed by atoms with Crippen LogP contribution in [0.1, 0.15) is 24.4 Å². The van der Waals surface area contributed by atoms with E-state index < -0.39 is 0 Å². The van der Waals surface area contributed by atoms with Gasteiger partial charge in [-0.1, -0.05) is 41.9 Å². The molecule has 1 aromatic carbocycles. The number of rotatable bonds is 4. The molecule has 1 rings (SSSR count). The standard InChI is InChI=1S/C12H18BrNS/c1-9(2)15-11-7-5-10(6-8-11)12(13)14(3)4/h5-9,12H,1-4H3. The lowest BCUT2D eigenvalue weighted by molar-refractivity contribution is 0.398. The van der Waals surface area contributed by atoms with Crippen LogP contribution in [-0.4, -0.2) is 24.2 Å². The molecule has 1 unspecified atom stereocenters. The molecule has 3 heteroatoms. The van der Waals surface area contributed by atoms with Gasteiger partial charge in [-0.2, -0.15) is 0 Å². The van der Waals surface area contributed by atoms with E-state index in [1.54, 1.807) is 0 Å². The summed E-state index contributed by atoms with van der Waals surface area (Å²) in [6.45, 7) is 4.43. The molecule has 0 aliphatic rings. The normalized spacial score (nSPS) is 13.5. The molecule has 0 bridgehead atoms. The van der Waals surface area contributed by atoms with Gasteiger partial charge in [0.25, 0.3) is 0 Å². The van der Waals surface area contributed by atoms with Crippen LogP contribution in [-0.2, 0) is 0 Å². The summed E-state index contributed by atoms with van der Waals surface area (Å²) >= 11 is 5.54. The summed E-state index contributed by atoms with van der Waals surface area (Å²) in [7, 11) is 4.13. The van der Waals surface area contributed by atoms with E-state index in [0.717, 1.165) is 0 Å². The Morgan fingerprint density at radius 3 is 2.07 bits per heavy atom. The first-order valence-corrected chi connectivity index (χ1v) is 6.87. The van der Waals surface area contributed by atoms with Crippen LogP contribution in [0.15, 0.2) is 29.2 Å². The summed E-state index contributed by atoms with van der Waals surface area (Å²) in [6.07, 6.45) is 0. The van der Waals surface area contributed by atoms with Gasteiger partial charge in [0.2, 0.25) is 0 Å². The SMILES string of the molecule is CC(C)Sc1ccc(C(Br)N(C)C)cc1. The van der Waals surface area contributed by atoms with Gasteiger partial charge in [0, 0.05) is 10.1 Å².